The summed E-state index contributed by atoms with van der Waals surface area (Å²) in [5.74, 6) is -0.234. The van der Waals surface area contributed by atoms with Crippen LogP contribution in [0.4, 0.5) is 0 Å². The number of nitrogens with zero attached hydrogens (tertiary/aromatic N) is 3. The number of benzene rings is 1. The molecule has 0 radical (unpaired) electrons. The average molecular weight is 222 g/mol. The normalized spacial score (nSPS) is 11.3. The molecule has 2 aromatic rings. The Morgan fingerprint density at radius 3 is 3.07 bits per heavy atom. The van der Waals surface area contributed by atoms with Gasteiger partial charge in [-0.1, -0.05) is 22.9 Å². The molecule has 0 N–H and O–H groups in total. The molecule has 0 spiro atoms. The van der Waals surface area contributed by atoms with Crippen molar-refractivity contribution < 1.29 is 4.79 Å². The molecular formula is C10H8ClN3O. The van der Waals surface area contributed by atoms with Gasteiger partial charge in [-0.25, -0.2) is 0 Å². The van der Waals surface area contributed by atoms with E-state index in [1.807, 2.05) is 0 Å². The summed E-state index contributed by atoms with van der Waals surface area (Å²) in [7, 11) is 0. The fourth-order valence-corrected chi connectivity index (χ4v) is 1.43. The van der Waals surface area contributed by atoms with Crippen LogP contribution in [0.3, 0.4) is 0 Å². The molecule has 5 heteroatoms. The first-order valence-corrected chi connectivity index (χ1v) is 4.78. The summed E-state index contributed by atoms with van der Waals surface area (Å²) in [6, 6.07) is 5.10. The number of hydrogen-bond donors (Lipinski definition) is 0. The minimum absolute atomic E-state index is 0.234. The van der Waals surface area contributed by atoms with Crippen molar-refractivity contribution in [1.82, 2.24) is 15.0 Å². The summed E-state index contributed by atoms with van der Waals surface area (Å²) in [5.41, 5.74) is 1.27. The summed E-state index contributed by atoms with van der Waals surface area (Å²) in [4.78, 5) is 11.6. The van der Waals surface area contributed by atoms with E-state index in [-0.39, 0.29) is 5.91 Å². The Morgan fingerprint density at radius 2 is 2.33 bits per heavy atom. The number of allylic oxidation sites excluding steroid dienone is 2. The van der Waals surface area contributed by atoms with Crippen molar-refractivity contribution in [2.24, 2.45) is 0 Å². The first kappa shape index (κ1) is 9.86. The van der Waals surface area contributed by atoms with Crippen molar-refractivity contribution in [1.29, 1.82) is 0 Å². The summed E-state index contributed by atoms with van der Waals surface area (Å²) in [6.07, 6.45) is 3.08. The largest absolute Gasteiger partial charge is 0.272 e. The number of hydrogen-bond acceptors (Lipinski definition) is 3. The third-order valence-corrected chi connectivity index (χ3v) is 2.16. The third kappa shape index (κ3) is 1.76. The number of fused-ring (bicyclic) bond motifs is 1. The van der Waals surface area contributed by atoms with E-state index in [0.29, 0.717) is 16.1 Å². The zero-order valence-corrected chi connectivity index (χ0v) is 8.77. The lowest BCUT2D eigenvalue weighted by molar-refractivity contribution is 0.0957. The van der Waals surface area contributed by atoms with Gasteiger partial charge in [0.2, 0.25) is 0 Å². The molecule has 0 unspecified atom stereocenters. The lowest BCUT2D eigenvalue weighted by Gasteiger charge is -1.95. The molecule has 15 heavy (non-hydrogen) atoms. The Bertz CT molecular complexity index is 545. The van der Waals surface area contributed by atoms with Gasteiger partial charge in [0.1, 0.15) is 5.52 Å². The van der Waals surface area contributed by atoms with Gasteiger partial charge >= 0.3 is 0 Å². The van der Waals surface area contributed by atoms with Crippen LogP contribution < -0.4 is 0 Å². The smallest absolute Gasteiger partial charge is 0.267 e. The Kier molecular flexibility index (Phi) is 2.51. The van der Waals surface area contributed by atoms with Crippen LogP contribution in [-0.2, 0) is 0 Å². The Labute approximate surface area is 91.1 Å². The average Bonchev–Trinajstić information content (AvgIpc) is 2.60. The maximum atomic E-state index is 11.6. The predicted octanol–water partition coefficient (Wildman–Crippen LogP) is 2.30. The fourth-order valence-electron chi connectivity index (χ4n) is 1.27. The van der Waals surface area contributed by atoms with Crippen molar-refractivity contribution in [3.8, 4) is 0 Å². The van der Waals surface area contributed by atoms with Gasteiger partial charge < -0.3 is 0 Å². The SMILES string of the molecule is C/C=C/C(=O)n1nnc2ccc(Cl)cc21. The molecule has 2 rings (SSSR count). The molecule has 4 nitrogen and oxygen atoms in total. The molecule has 0 saturated carbocycles. The highest BCUT2D eigenvalue weighted by molar-refractivity contribution is 6.31. The van der Waals surface area contributed by atoms with Gasteiger partial charge in [-0.15, -0.1) is 5.10 Å². The highest BCUT2D eigenvalue weighted by Gasteiger charge is 2.09. The second-order valence-electron chi connectivity index (χ2n) is 2.97. The van der Waals surface area contributed by atoms with Crippen LogP contribution >= 0.6 is 11.6 Å². The monoisotopic (exact) mass is 221 g/mol. The Balaban J connectivity index is 2.61. The van der Waals surface area contributed by atoms with Crippen molar-refractivity contribution in [2.75, 3.05) is 0 Å². The van der Waals surface area contributed by atoms with Crippen LogP contribution in [0.2, 0.25) is 5.02 Å². The summed E-state index contributed by atoms with van der Waals surface area (Å²) in [6.45, 7) is 1.77. The van der Waals surface area contributed by atoms with Gasteiger partial charge in [0.05, 0.1) is 5.52 Å². The predicted molar refractivity (Wildman–Crippen MR) is 58.0 cm³/mol. The van der Waals surface area contributed by atoms with E-state index < -0.39 is 0 Å². The minimum atomic E-state index is -0.234. The van der Waals surface area contributed by atoms with Crippen LogP contribution in [0.1, 0.15) is 11.7 Å². The first-order chi connectivity index (χ1) is 7.22. The van der Waals surface area contributed by atoms with Gasteiger partial charge in [-0.3, -0.25) is 4.79 Å². The Hall–Kier alpha value is -1.68. The van der Waals surface area contributed by atoms with Crippen molar-refractivity contribution >= 4 is 28.5 Å². The molecule has 0 fully saturated rings. The van der Waals surface area contributed by atoms with Crippen LogP contribution in [0.15, 0.2) is 30.4 Å². The lowest BCUT2D eigenvalue weighted by atomic mass is 10.3. The van der Waals surface area contributed by atoms with Gasteiger partial charge in [0.25, 0.3) is 5.91 Å². The fraction of sp³-hybridized carbons (Fsp3) is 0.100. The van der Waals surface area contributed by atoms with E-state index in [2.05, 4.69) is 10.3 Å². The number of carbonyl (C=O) groups excluding carboxylic acids is 1. The molecule has 1 aromatic carbocycles. The summed E-state index contributed by atoms with van der Waals surface area (Å²) >= 11 is 5.83. The van der Waals surface area contributed by atoms with E-state index >= 15 is 0 Å². The standard InChI is InChI=1S/C10H8ClN3O/c1-2-3-10(15)14-9-6-7(11)4-5-8(9)12-13-14/h2-6H,1H3/b3-2+. The zero-order valence-electron chi connectivity index (χ0n) is 8.01. The third-order valence-electron chi connectivity index (χ3n) is 1.93. The molecule has 0 aliphatic carbocycles. The van der Waals surface area contributed by atoms with Crippen LogP contribution in [0, 0.1) is 0 Å². The van der Waals surface area contributed by atoms with Crippen LogP contribution in [-0.4, -0.2) is 20.9 Å². The van der Waals surface area contributed by atoms with E-state index in [1.165, 1.54) is 10.8 Å². The van der Waals surface area contributed by atoms with E-state index in [1.54, 1.807) is 31.2 Å². The number of halogens is 1. The van der Waals surface area contributed by atoms with Gasteiger partial charge in [0, 0.05) is 11.1 Å². The summed E-state index contributed by atoms with van der Waals surface area (Å²) in [5, 5.41) is 8.18. The van der Waals surface area contributed by atoms with Gasteiger partial charge in [0.15, 0.2) is 0 Å². The quantitative estimate of drug-likeness (QED) is 0.695. The first-order valence-electron chi connectivity index (χ1n) is 4.40. The number of aromatic nitrogens is 3. The highest BCUT2D eigenvalue weighted by Crippen LogP contribution is 2.16. The molecule has 76 valence electrons. The van der Waals surface area contributed by atoms with Crippen LogP contribution in [0.5, 0.6) is 0 Å². The zero-order chi connectivity index (χ0) is 10.8. The molecule has 1 aromatic heterocycles. The van der Waals surface area contributed by atoms with Gasteiger partial charge in [-0.05, 0) is 25.1 Å². The van der Waals surface area contributed by atoms with E-state index in [4.69, 9.17) is 11.6 Å². The molecule has 1 heterocycles. The maximum Gasteiger partial charge on any atom is 0.272 e. The molecule has 0 aliphatic rings. The number of rotatable bonds is 1. The minimum Gasteiger partial charge on any atom is -0.267 e. The molecule has 0 saturated heterocycles. The number of carbonyl (C=O) groups is 1. The maximum absolute atomic E-state index is 11.6. The highest BCUT2D eigenvalue weighted by atomic mass is 35.5. The van der Waals surface area contributed by atoms with Crippen molar-refractivity contribution in [2.45, 2.75) is 6.92 Å². The Morgan fingerprint density at radius 1 is 1.53 bits per heavy atom. The van der Waals surface area contributed by atoms with Crippen LogP contribution in [0.25, 0.3) is 11.0 Å². The summed E-state index contributed by atoms with van der Waals surface area (Å²) < 4.78 is 1.22. The molecular weight excluding hydrogens is 214 g/mol. The van der Waals surface area contributed by atoms with E-state index in [0.717, 1.165) is 0 Å². The second kappa shape index (κ2) is 3.82. The lowest BCUT2D eigenvalue weighted by Crippen LogP contribution is -2.08. The van der Waals surface area contributed by atoms with Gasteiger partial charge in [-0.2, -0.15) is 4.68 Å². The topological polar surface area (TPSA) is 47.8 Å². The van der Waals surface area contributed by atoms with E-state index in [9.17, 15) is 4.79 Å². The second-order valence-corrected chi connectivity index (χ2v) is 3.41. The molecule has 0 bridgehead atoms. The van der Waals surface area contributed by atoms with Crippen molar-refractivity contribution in [3.63, 3.8) is 0 Å². The molecule has 0 amide bonds. The van der Waals surface area contributed by atoms with Crippen molar-refractivity contribution in [3.05, 3.63) is 35.4 Å². The molecule has 0 aliphatic heterocycles. The molecule has 0 atom stereocenters.